The normalized spacial score (nSPS) is 28.5. The molecule has 2 unspecified atom stereocenters. The van der Waals surface area contributed by atoms with Gasteiger partial charge in [0, 0.05) is 26.4 Å². The molecule has 1 aliphatic rings. The summed E-state index contributed by atoms with van der Waals surface area (Å²) in [5.74, 6) is 0.445. The van der Waals surface area contributed by atoms with E-state index in [0.717, 1.165) is 12.8 Å². The Bertz CT molecular complexity index is 263. The van der Waals surface area contributed by atoms with Gasteiger partial charge in [0.2, 0.25) is 0 Å². The van der Waals surface area contributed by atoms with Crippen molar-refractivity contribution in [2.75, 3.05) is 21.3 Å². The topological polar surface area (TPSA) is 79.7 Å². The molecule has 1 rings (SSSR count). The monoisotopic (exact) mass is 260 g/mol. The molecule has 0 radical (unpaired) electrons. The van der Waals surface area contributed by atoms with Gasteiger partial charge in [-0.25, -0.2) is 0 Å². The zero-order valence-corrected chi connectivity index (χ0v) is 11.9. The Balaban J connectivity index is 2.94. The largest absolute Gasteiger partial charge is 0.507 e. The number of rotatable bonds is 8. The smallest absolute Gasteiger partial charge is 0.376 e. The van der Waals surface area contributed by atoms with Crippen LogP contribution in [0.3, 0.4) is 0 Å². The fraction of sp³-hybridized carbons (Fsp3) is 0.818. The SMILES string of the molecule is C=CCC1CC1(CC(N)N)[Si](OC)(OC)OC. The molecular weight excluding hydrogens is 236 g/mol. The van der Waals surface area contributed by atoms with E-state index in [1.54, 1.807) is 21.3 Å². The molecule has 6 heteroatoms. The predicted molar refractivity (Wildman–Crippen MR) is 69.2 cm³/mol. The summed E-state index contributed by atoms with van der Waals surface area (Å²) in [7, 11) is 2.19. The fourth-order valence-electron chi connectivity index (χ4n) is 2.92. The van der Waals surface area contributed by atoms with Crippen molar-refractivity contribution in [2.45, 2.75) is 30.5 Å². The van der Waals surface area contributed by atoms with Crippen LogP contribution < -0.4 is 11.5 Å². The summed E-state index contributed by atoms with van der Waals surface area (Å²) in [5, 5.41) is -0.145. The van der Waals surface area contributed by atoms with Crippen molar-refractivity contribution < 1.29 is 13.3 Å². The summed E-state index contributed by atoms with van der Waals surface area (Å²) in [5.41, 5.74) is 11.5. The van der Waals surface area contributed by atoms with E-state index < -0.39 is 8.80 Å². The van der Waals surface area contributed by atoms with E-state index >= 15 is 0 Å². The average Bonchev–Trinajstić information content (AvgIpc) is 2.95. The van der Waals surface area contributed by atoms with Crippen LogP contribution in [0.4, 0.5) is 0 Å². The molecule has 0 aliphatic heterocycles. The molecule has 0 saturated heterocycles. The van der Waals surface area contributed by atoms with Crippen LogP contribution in [0.2, 0.25) is 5.04 Å². The van der Waals surface area contributed by atoms with Gasteiger partial charge >= 0.3 is 8.80 Å². The Hall–Kier alpha value is -0.243. The van der Waals surface area contributed by atoms with Crippen LogP contribution in [0.25, 0.3) is 0 Å². The lowest BCUT2D eigenvalue weighted by Crippen LogP contribution is -2.52. The van der Waals surface area contributed by atoms with E-state index in [-0.39, 0.29) is 11.2 Å². The zero-order chi connectivity index (χ0) is 13.1. The molecule has 0 bridgehead atoms. The molecule has 100 valence electrons. The molecule has 17 heavy (non-hydrogen) atoms. The van der Waals surface area contributed by atoms with Crippen LogP contribution >= 0.6 is 0 Å². The maximum atomic E-state index is 5.75. The Morgan fingerprint density at radius 2 is 1.88 bits per heavy atom. The summed E-state index contributed by atoms with van der Waals surface area (Å²) in [6, 6.07) is 0. The zero-order valence-electron chi connectivity index (χ0n) is 10.9. The maximum absolute atomic E-state index is 5.75. The standard InChI is InChI=1S/C11H24N2O3Si/c1-5-6-9-7-11(9,8-10(12)13)17(14-2,15-3)16-4/h5,9-10H,1,6-8,12-13H2,2-4H3. The van der Waals surface area contributed by atoms with Crippen molar-refractivity contribution in [1.82, 2.24) is 0 Å². The van der Waals surface area contributed by atoms with Crippen molar-refractivity contribution in [3.63, 3.8) is 0 Å². The van der Waals surface area contributed by atoms with E-state index in [0.29, 0.717) is 12.3 Å². The molecule has 2 atom stereocenters. The lowest BCUT2D eigenvalue weighted by Gasteiger charge is -2.34. The first-order valence-electron chi connectivity index (χ1n) is 5.79. The molecular formula is C11H24N2O3Si. The van der Waals surface area contributed by atoms with Gasteiger partial charge in [-0.05, 0) is 25.2 Å². The van der Waals surface area contributed by atoms with Gasteiger partial charge in [0.05, 0.1) is 6.17 Å². The Morgan fingerprint density at radius 3 is 2.24 bits per heavy atom. The summed E-state index contributed by atoms with van der Waals surface area (Å²) < 4.78 is 16.8. The van der Waals surface area contributed by atoms with Gasteiger partial charge in [-0.1, -0.05) is 6.08 Å². The summed E-state index contributed by atoms with van der Waals surface area (Å²) in [6.45, 7) is 3.78. The summed E-state index contributed by atoms with van der Waals surface area (Å²) in [4.78, 5) is 0. The minimum absolute atomic E-state index is 0.145. The highest BCUT2D eigenvalue weighted by Crippen LogP contribution is 2.70. The lowest BCUT2D eigenvalue weighted by atomic mass is 10.1. The maximum Gasteiger partial charge on any atom is 0.507 e. The van der Waals surface area contributed by atoms with Crippen molar-refractivity contribution in [1.29, 1.82) is 0 Å². The molecule has 0 spiro atoms. The third-order valence-corrected chi connectivity index (χ3v) is 7.35. The molecule has 1 aliphatic carbocycles. The molecule has 1 saturated carbocycles. The van der Waals surface area contributed by atoms with Crippen molar-refractivity contribution in [3.8, 4) is 0 Å². The number of hydrogen-bond acceptors (Lipinski definition) is 5. The van der Waals surface area contributed by atoms with Crippen LogP contribution in [0.15, 0.2) is 12.7 Å². The number of nitrogens with two attached hydrogens (primary N) is 2. The molecule has 1 fully saturated rings. The van der Waals surface area contributed by atoms with E-state index in [9.17, 15) is 0 Å². The summed E-state index contributed by atoms with van der Waals surface area (Å²) in [6.07, 6.45) is 4.09. The third kappa shape index (κ3) is 2.47. The van der Waals surface area contributed by atoms with E-state index in [1.165, 1.54) is 0 Å². The first kappa shape index (κ1) is 14.8. The van der Waals surface area contributed by atoms with Crippen LogP contribution in [0, 0.1) is 5.92 Å². The van der Waals surface area contributed by atoms with Gasteiger partial charge in [0.1, 0.15) is 0 Å². The van der Waals surface area contributed by atoms with Crippen molar-refractivity contribution in [3.05, 3.63) is 12.7 Å². The molecule has 0 aromatic rings. The van der Waals surface area contributed by atoms with Gasteiger partial charge in [0.15, 0.2) is 0 Å². The molecule has 0 aromatic heterocycles. The molecule has 0 amide bonds. The average molecular weight is 260 g/mol. The Labute approximate surface area is 104 Å². The molecule has 0 aromatic carbocycles. The van der Waals surface area contributed by atoms with E-state index in [1.807, 2.05) is 6.08 Å². The minimum Gasteiger partial charge on any atom is -0.376 e. The predicted octanol–water partition coefficient (Wildman–Crippen LogP) is 0.835. The fourth-order valence-corrected chi connectivity index (χ4v) is 6.24. The summed E-state index contributed by atoms with van der Waals surface area (Å²) >= 11 is 0. The van der Waals surface area contributed by atoms with Crippen molar-refractivity contribution >= 4 is 8.80 Å². The second-order valence-corrected chi connectivity index (χ2v) is 7.95. The first-order chi connectivity index (χ1) is 8.01. The van der Waals surface area contributed by atoms with Gasteiger partial charge in [0.25, 0.3) is 0 Å². The quantitative estimate of drug-likeness (QED) is 0.384. The van der Waals surface area contributed by atoms with Crippen LogP contribution in [0.5, 0.6) is 0 Å². The number of allylic oxidation sites excluding steroid dienone is 1. The Morgan fingerprint density at radius 1 is 1.35 bits per heavy atom. The highest BCUT2D eigenvalue weighted by atomic mass is 28.4. The van der Waals surface area contributed by atoms with Gasteiger partial charge in [-0.2, -0.15) is 0 Å². The van der Waals surface area contributed by atoms with Gasteiger partial charge in [-0.15, -0.1) is 6.58 Å². The minimum atomic E-state index is -2.70. The van der Waals surface area contributed by atoms with Crippen LogP contribution in [-0.2, 0) is 13.3 Å². The van der Waals surface area contributed by atoms with E-state index in [4.69, 9.17) is 24.7 Å². The second-order valence-electron chi connectivity index (χ2n) is 4.62. The molecule has 4 N–H and O–H groups in total. The first-order valence-corrected chi connectivity index (χ1v) is 7.52. The Kier molecular flexibility index (Phi) is 4.88. The van der Waals surface area contributed by atoms with Gasteiger partial charge < -0.3 is 24.7 Å². The second kappa shape index (κ2) is 5.60. The van der Waals surface area contributed by atoms with Crippen molar-refractivity contribution in [2.24, 2.45) is 17.4 Å². The van der Waals surface area contributed by atoms with Gasteiger partial charge in [-0.3, -0.25) is 0 Å². The highest BCUT2D eigenvalue weighted by molar-refractivity contribution is 6.65. The number of hydrogen-bond donors (Lipinski definition) is 2. The third-order valence-electron chi connectivity index (χ3n) is 3.70. The van der Waals surface area contributed by atoms with E-state index in [2.05, 4.69) is 6.58 Å². The molecule has 5 nitrogen and oxygen atoms in total. The lowest BCUT2D eigenvalue weighted by molar-refractivity contribution is 0.101. The van der Waals surface area contributed by atoms with Crippen LogP contribution in [0.1, 0.15) is 19.3 Å². The highest BCUT2D eigenvalue weighted by Gasteiger charge is 2.72. The van der Waals surface area contributed by atoms with Crippen LogP contribution in [-0.4, -0.2) is 36.3 Å². The molecule has 0 heterocycles.